The van der Waals surface area contributed by atoms with Crippen LogP contribution in [0.2, 0.25) is 0 Å². The first-order chi connectivity index (χ1) is 9.46. The third-order valence-electron chi connectivity index (χ3n) is 4.22. The largest absolute Gasteiger partial charge is 0.445 e. The molecule has 108 valence electrons. The maximum atomic E-state index is 13.7. The molecule has 1 spiro atoms. The summed E-state index contributed by atoms with van der Waals surface area (Å²) in [6, 6.07) is 7.74. The minimum atomic E-state index is -2.87. The van der Waals surface area contributed by atoms with Gasteiger partial charge in [0.15, 0.2) is 0 Å². The summed E-state index contributed by atoms with van der Waals surface area (Å²) >= 11 is 0. The SMILES string of the molecule is NC1CC2(C1)C(NC(=O)OCc1ccccc1)C2(F)F. The molecule has 20 heavy (non-hydrogen) atoms. The fraction of sp³-hybridized carbons (Fsp3) is 0.500. The number of alkyl halides is 2. The molecule has 2 aliphatic rings. The Morgan fingerprint density at radius 3 is 2.60 bits per heavy atom. The number of carbonyl (C=O) groups is 1. The van der Waals surface area contributed by atoms with E-state index in [1.807, 2.05) is 18.2 Å². The summed E-state index contributed by atoms with van der Waals surface area (Å²) in [6.45, 7) is 0.0669. The van der Waals surface area contributed by atoms with Crippen molar-refractivity contribution >= 4 is 6.09 Å². The number of halogens is 2. The second kappa shape index (κ2) is 4.41. The van der Waals surface area contributed by atoms with Gasteiger partial charge in [0.05, 0.1) is 5.41 Å². The van der Waals surface area contributed by atoms with E-state index < -0.39 is 23.5 Å². The lowest BCUT2D eigenvalue weighted by molar-refractivity contribution is 0.0204. The standard InChI is InChI=1S/C14H16F2N2O2/c15-14(16)11(13(14)6-10(17)7-13)18-12(19)20-8-9-4-2-1-3-5-9/h1-5,10-11H,6-8,17H2,(H,18,19). The van der Waals surface area contributed by atoms with E-state index in [4.69, 9.17) is 10.5 Å². The molecule has 1 aromatic rings. The fourth-order valence-corrected chi connectivity index (χ4v) is 3.00. The van der Waals surface area contributed by atoms with E-state index >= 15 is 0 Å². The molecule has 0 saturated heterocycles. The molecule has 4 nitrogen and oxygen atoms in total. The Balaban J connectivity index is 1.51. The minimum Gasteiger partial charge on any atom is -0.445 e. The number of benzene rings is 1. The molecule has 1 unspecified atom stereocenters. The van der Waals surface area contributed by atoms with Gasteiger partial charge >= 0.3 is 6.09 Å². The van der Waals surface area contributed by atoms with Crippen LogP contribution in [0.1, 0.15) is 18.4 Å². The van der Waals surface area contributed by atoms with Crippen molar-refractivity contribution in [1.29, 1.82) is 0 Å². The lowest BCUT2D eigenvalue weighted by Gasteiger charge is -2.33. The summed E-state index contributed by atoms with van der Waals surface area (Å²) in [7, 11) is 0. The average molecular weight is 282 g/mol. The predicted molar refractivity (Wildman–Crippen MR) is 68.1 cm³/mol. The van der Waals surface area contributed by atoms with Gasteiger partial charge in [-0.25, -0.2) is 13.6 Å². The Labute approximate surface area is 115 Å². The summed E-state index contributed by atoms with van der Waals surface area (Å²) in [5, 5.41) is 2.26. The first-order valence-electron chi connectivity index (χ1n) is 6.56. The summed E-state index contributed by atoms with van der Waals surface area (Å²) in [4.78, 5) is 11.6. The molecule has 1 atom stereocenters. The highest BCUT2D eigenvalue weighted by molar-refractivity contribution is 5.69. The molecular weight excluding hydrogens is 266 g/mol. The van der Waals surface area contributed by atoms with Crippen molar-refractivity contribution in [2.75, 3.05) is 0 Å². The Hall–Kier alpha value is -1.69. The van der Waals surface area contributed by atoms with Gasteiger partial charge in [0, 0.05) is 6.04 Å². The maximum absolute atomic E-state index is 13.7. The van der Waals surface area contributed by atoms with E-state index in [0.717, 1.165) is 5.56 Å². The van der Waals surface area contributed by atoms with Crippen molar-refractivity contribution in [3.05, 3.63) is 35.9 Å². The second-order valence-corrected chi connectivity index (χ2v) is 5.59. The van der Waals surface area contributed by atoms with Gasteiger partial charge in [-0.05, 0) is 18.4 Å². The highest BCUT2D eigenvalue weighted by Crippen LogP contribution is 2.70. The monoisotopic (exact) mass is 282 g/mol. The van der Waals surface area contributed by atoms with E-state index in [0.29, 0.717) is 0 Å². The van der Waals surface area contributed by atoms with Crippen LogP contribution >= 0.6 is 0 Å². The number of hydrogen-bond acceptors (Lipinski definition) is 3. The summed E-state index contributed by atoms with van der Waals surface area (Å²) in [5.41, 5.74) is 5.25. The summed E-state index contributed by atoms with van der Waals surface area (Å²) < 4.78 is 32.3. The number of ether oxygens (including phenoxy) is 1. The van der Waals surface area contributed by atoms with Crippen molar-refractivity contribution in [1.82, 2.24) is 5.32 Å². The number of amides is 1. The first kappa shape index (κ1) is 13.3. The van der Waals surface area contributed by atoms with E-state index in [1.54, 1.807) is 12.1 Å². The first-order valence-corrected chi connectivity index (χ1v) is 6.56. The molecule has 3 N–H and O–H groups in total. The molecule has 1 aromatic carbocycles. The van der Waals surface area contributed by atoms with Gasteiger partial charge in [0.25, 0.3) is 5.92 Å². The number of nitrogens with one attached hydrogen (secondary N) is 1. The molecule has 1 amide bonds. The lowest BCUT2D eigenvalue weighted by Crippen LogP contribution is -2.43. The van der Waals surface area contributed by atoms with Crippen molar-refractivity contribution in [2.45, 2.75) is 37.5 Å². The van der Waals surface area contributed by atoms with Gasteiger partial charge in [0.2, 0.25) is 0 Å². The lowest BCUT2D eigenvalue weighted by atomic mass is 9.76. The predicted octanol–water partition coefficient (Wildman–Crippen LogP) is 2.04. The van der Waals surface area contributed by atoms with Crippen molar-refractivity contribution in [2.24, 2.45) is 11.1 Å². The number of carbonyl (C=O) groups excluding carboxylic acids is 1. The third-order valence-corrected chi connectivity index (χ3v) is 4.22. The van der Waals surface area contributed by atoms with Crippen LogP contribution in [0.3, 0.4) is 0 Å². The van der Waals surface area contributed by atoms with E-state index in [2.05, 4.69) is 5.32 Å². The van der Waals surface area contributed by atoms with Crippen LogP contribution in [-0.2, 0) is 11.3 Å². The van der Waals surface area contributed by atoms with Gasteiger partial charge in [-0.15, -0.1) is 0 Å². The molecule has 0 radical (unpaired) electrons. The molecule has 6 heteroatoms. The second-order valence-electron chi connectivity index (χ2n) is 5.59. The zero-order valence-electron chi connectivity index (χ0n) is 10.8. The van der Waals surface area contributed by atoms with Crippen molar-refractivity contribution in [3.63, 3.8) is 0 Å². The molecule has 0 aliphatic heterocycles. The third kappa shape index (κ3) is 1.95. The van der Waals surface area contributed by atoms with Gasteiger partial charge in [0.1, 0.15) is 12.6 Å². The Morgan fingerprint density at radius 2 is 2.00 bits per heavy atom. The van der Waals surface area contributed by atoms with Crippen molar-refractivity contribution in [3.8, 4) is 0 Å². The zero-order valence-corrected chi connectivity index (χ0v) is 10.8. The molecule has 2 aliphatic carbocycles. The van der Waals surface area contributed by atoms with Gasteiger partial charge in [-0.2, -0.15) is 0 Å². The topological polar surface area (TPSA) is 64.3 Å². The normalized spacial score (nSPS) is 33.4. The van der Waals surface area contributed by atoms with Crippen LogP contribution in [0.15, 0.2) is 30.3 Å². The average Bonchev–Trinajstić information content (AvgIpc) is 2.85. The number of alkyl carbamates (subject to hydrolysis) is 1. The fourth-order valence-electron chi connectivity index (χ4n) is 3.00. The van der Waals surface area contributed by atoms with E-state index in [9.17, 15) is 13.6 Å². The Bertz CT molecular complexity index is 515. The van der Waals surface area contributed by atoms with Crippen LogP contribution in [-0.4, -0.2) is 24.1 Å². The molecular formula is C14H16F2N2O2. The van der Waals surface area contributed by atoms with Gasteiger partial charge in [-0.1, -0.05) is 30.3 Å². The molecule has 0 bridgehead atoms. The van der Waals surface area contributed by atoms with E-state index in [1.165, 1.54) is 0 Å². The van der Waals surface area contributed by atoms with Crippen LogP contribution in [0.5, 0.6) is 0 Å². The number of hydrogen-bond donors (Lipinski definition) is 2. The van der Waals surface area contributed by atoms with Crippen LogP contribution < -0.4 is 11.1 Å². The highest BCUT2D eigenvalue weighted by atomic mass is 19.3. The molecule has 0 aromatic heterocycles. The van der Waals surface area contributed by atoms with Crippen LogP contribution in [0.4, 0.5) is 13.6 Å². The Morgan fingerprint density at radius 1 is 1.35 bits per heavy atom. The number of rotatable bonds is 3. The van der Waals surface area contributed by atoms with Crippen LogP contribution in [0.25, 0.3) is 0 Å². The molecule has 2 saturated carbocycles. The highest BCUT2D eigenvalue weighted by Gasteiger charge is 2.84. The molecule has 2 fully saturated rings. The van der Waals surface area contributed by atoms with Crippen LogP contribution in [0, 0.1) is 5.41 Å². The molecule has 0 heterocycles. The van der Waals surface area contributed by atoms with Crippen molar-refractivity contribution < 1.29 is 18.3 Å². The number of nitrogens with two attached hydrogens (primary N) is 1. The summed E-state index contributed by atoms with van der Waals surface area (Å²) in [5.74, 6) is -2.87. The molecule has 3 rings (SSSR count). The van der Waals surface area contributed by atoms with Gasteiger partial charge in [-0.3, -0.25) is 0 Å². The Kier molecular flexibility index (Phi) is 2.93. The maximum Gasteiger partial charge on any atom is 0.407 e. The summed E-state index contributed by atoms with van der Waals surface area (Å²) in [6.07, 6.45) is -0.302. The van der Waals surface area contributed by atoms with E-state index in [-0.39, 0.29) is 25.5 Å². The quantitative estimate of drug-likeness (QED) is 0.891. The zero-order chi connectivity index (χ0) is 14.4. The van der Waals surface area contributed by atoms with Gasteiger partial charge < -0.3 is 15.8 Å². The smallest absolute Gasteiger partial charge is 0.407 e. The minimum absolute atomic E-state index is 0.0669.